The lowest BCUT2D eigenvalue weighted by Crippen LogP contribution is -2.28. The predicted molar refractivity (Wildman–Crippen MR) is 102 cm³/mol. The fraction of sp³-hybridized carbons (Fsp3) is 0.111. The van der Waals surface area contributed by atoms with Crippen LogP contribution in [0.4, 0.5) is 10.2 Å². The molecule has 0 aliphatic rings. The molecule has 0 saturated heterocycles. The van der Waals surface area contributed by atoms with Gasteiger partial charge in [0.2, 0.25) is 0 Å². The van der Waals surface area contributed by atoms with Crippen molar-refractivity contribution in [2.45, 2.75) is 13.1 Å². The Kier molecular flexibility index (Phi) is 5.63. The third-order valence-electron chi connectivity index (χ3n) is 3.54. The molecule has 1 heterocycles. The van der Waals surface area contributed by atoms with E-state index in [2.05, 4.69) is 15.7 Å². The molecule has 0 amide bonds. The number of benzene rings is 2. The van der Waals surface area contributed by atoms with Gasteiger partial charge in [-0.25, -0.2) is 4.39 Å². The van der Waals surface area contributed by atoms with E-state index in [1.54, 1.807) is 35.1 Å². The summed E-state index contributed by atoms with van der Waals surface area (Å²) in [5, 5.41) is 11.6. The molecule has 0 aliphatic heterocycles. The Balaban J connectivity index is 1.53. The summed E-state index contributed by atoms with van der Waals surface area (Å²) in [6.07, 6.45) is 1.77. The number of thiocarbonyl (C=S) groups is 1. The third kappa shape index (κ3) is 5.01. The van der Waals surface area contributed by atoms with Crippen molar-refractivity contribution in [2.24, 2.45) is 0 Å². The zero-order chi connectivity index (χ0) is 17.6. The maximum Gasteiger partial charge on any atom is 0.172 e. The molecule has 0 fully saturated rings. The first kappa shape index (κ1) is 17.4. The van der Waals surface area contributed by atoms with Gasteiger partial charge < -0.3 is 10.6 Å². The lowest BCUT2D eigenvalue weighted by molar-refractivity contribution is 0.586. The minimum atomic E-state index is -0.243. The van der Waals surface area contributed by atoms with Gasteiger partial charge in [0.25, 0.3) is 0 Å². The van der Waals surface area contributed by atoms with Gasteiger partial charge in [0.1, 0.15) is 5.82 Å². The molecule has 4 nitrogen and oxygen atoms in total. The fourth-order valence-corrected chi connectivity index (χ4v) is 2.57. The molecule has 25 heavy (non-hydrogen) atoms. The van der Waals surface area contributed by atoms with Gasteiger partial charge >= 0.3 is 0 Å². The van der Waals surface area contributed by atoms with Gasteiger partial charge in [0.15, 0.2) is 10.9 Å². The van der Waals surface area contributed by atoms with Crippen molar-refractivity contribution in [3.05, 3.63) is 82.8 Å². The molecular formula is C18H16ClFN4S. The van der Waals surface area contributed by atoms with E-state index < -0.39 is 0 Å². The van der Waals surface area contributed by atoms with E-state index in [0.717, 1.165) is 5.56 Å². The molecule has 1 aromatic heterocycles. The number of aromatic nitrogens is 2. The number of rotatable bonds is 5. The molecule has 128 valence electrons. The van der Waals surface area contributed by atoms with Gasteiger partial charge in [-0.2, -0.15) is 5.10 Å². The first-order valence-electron chi connectivity index (χ1n) is 7.66. The monoisotopic (exact) mass is 374 g/mol. The van der Waals surface area contributed by atoms with Crippen molar-refractivity contribution in [1.29, 1.82) is 0 Å². The van der Waals surface area contributed by atoms with E-state index in [9.17, 15) is 4.39 Å². The number of hydrogen-bond donors (Lipinski definition) is 2. The average molecular weight is 375 g/mol. The van der Waals surface area contributed by atoms with Crippen LogP contribution in [0.5, 0.6) is 0 Å². The summed E-state index contributed by atoms with van der Waals surface area (Å²) in [6.45, 7) is 0.943. The molecule has 2 N–H and O–H groups in total. The Bertz CT molecular complexity index is 864. The number of hydrogen-bond acceptors (Lipinski definition) is 2. The Labute approximate surface area is 155 Å². The largest absolute Gasteiger partial charge is 0.358 e. The van der Waals surface area contributed by atoms with Crippen LogP contribution in [0.25, 0.3) is 0 Å². The minimum Gasteiger partial charge on any atom is -0.358 e. The van der Waals surface area contributed by atoms with Crippen molar-refractivity contribution >= 4 is 34.7 Å². The Hall–Kier alpha value is -2.44. The van der Waals surface area contributed by atoms with Crippen molar-refractivity contribution < 1.29 is 4.39 Å². The van der Waals surface area contributed by atoms with E-state index in [0.29, 0.717) is 34.6 Å². The summed E-state index contributed by atoms with van der Waals surface area (Å²) in [5.41, 5.74) is 1.65. The van der Waals surface area contributed by atoms with Gasteiger partial charge in [0.05, 0.1) is 6.54 Å². The molecule has 0 atom stereocenters. The molecule has 7 heteroatoms. The minimum absolute atomic E-state index is 0.243. The predicted octanol–water partition coefficient (Wildman–Crippen LogP) is 4.21. The zero-order valence-corrected chi connectivity index (χ0v) is 14.8. The van der Waals surface area contributed by atoms with Crippen molar-refractivity contribution in [1.82, 2.24) is 15.1 Å². The van der Waals surface area contributed by atoms with Gasteiger partial charge in [-0.15, -0.1) is 0 Å². The van der Waals surface area contributed by atoms with Crippen LogP contribution < -0.4 is 10.6 Å². The second-order valence-electron chi connectivity index (χ2n) is 5.42. The third-order valence-corrected chi connectivity index (χ3v) is 4.04. The second kappa shape index (κ2) is 8.09. The van der Waals surface area contributed by atoms with E-state index in [-0.39, 0.29) is 5.82 Å². The molecule has 0 bridgehead atoms. The SMILES string of the molecule is Fc1ccccc1Cn1ccc(NC(=S)NCc2ccc(Cl)cc2)n1. The number of anilines is 1. The van der Waals surface area contributed by atoms with Crippen LogP contribution in [0.15, 0.2) is 60.8 Å². The van der Waals surface area contributed by atoms with Crippen molar-refractivity contribution in [2.75, 3.05) is 5.32 Å². The van der Waals surface area contributed by atoms with Crippen LogP contribution in [0.1, 0.15) is 11.1 Å². The molecule has 0 spiro atoms. The summed E-state index contributed by atoms with van der Waals surface area (Å²) in [7, 11) is 0. The molecule has 0 radical (unpaired) electrons. The van der Waals surface area contributed by atoms with Crippen LogP contribution in [0, 0.1) is 5.82 Å². The van der Waals surface area contributed by atoms with Crippen LogP contribution in [0.2, 0.25) is 5.02 Å². The molecule has 0 aliphatic carbocycles. The van der Waals surface area contributed by atoms with Crippen molar-refractivity contribution in [3.8, 4) is 0 Å². The Morgan fingerprint density at radius 1 is 1.12 bits per heavy atom. The quantitative estimate of drug-likeness (QED) is 0.656. The van der Waals surface area contributed by atoms with Crippen LogP contribution in [-0.2, 0) is 13.1 Å². The Morgan fingerprint density at radius 2 is 1.88 bits per heavy atom. The standard InChI is InChI=1S/C18H16ClFN4S/c19-15-7-5-13(6-8-15)11-21-18(25)22-17-9-10-24(23-17)12-14-3-1-2-4-16(14)20/h1-10H,11-12H2,(H2,21,22,23,25). The second-order valence-corrected chi connectivity index (χ2v) is 6.27. The highest BCUT2D eigenvalue weighted by atomic mass is 35.5. The molecular weight excluding hydrogens is 359 g/mol. The smallest absolute Gasteiger partial charge is 0.172 e. The first-order valence-corrected chi connectivity index (χ1v) is 8.45. The highest BCUT2D eigenvalue weighted by Crippen LogP contribution is 2.11. The number of nitrogens with zero attached hydrogens (tertiary/aromatic N) is 2. The number of halogens is 2. The summed E-state index contributed by atoms with van der Waals surface area (Å²) in [6, 6.07) is 16.0. The molecule has 0 unspecified atom stereocenters. The average Bonchev–Trinajstić information content (AvgIpc) is 3.03. The van der Waals surface area contributed by atoms with Crippen LogP contribution in [-0.4, -0.2) is 14.9 Å². The number of nitrogens with one attached hydrogen (secondary N) is 2. The lowest BCUT2D eigenvalue weighted by atomic mass is 10.2. The van der Waals surface area contributed by atoms with Crippen LogP contribution >= 0.6 is 23.8 Å². The van der Waals surface area contributed by atoms with E-state index in [1.165, 1.54) is 6.07 Å². The van der Waals surface area contributed by atoms with Gasteiger partial charge in [-0.1, -0.05) is 41.9 Å². The van der Waals surface area contributed by atoms with Gasteiger partial charge in [-0.3, -0.25) is 4.68 Å². The molecule has 3 aromatic rings. The highest BCUT2D eigenvalue weighted by molar-refractivity contribution is 7.80. The lowest BCUT2D eigenvalue weighted by Gasteiger charge is -2.09. The maximum absolute atomic E-state index is 13.7. The Morgan fingerprint density at radius 3 is 2.64 bits per heavy atom. The van der Waals surface area contributed by atoms with E-state index in [4.69, 9.17) is 23.8 Å². The van der Waals surface area contributed by atoms with E-state index in [1.807, 2.05) is 24.3 Å². The molecule has 0 saturated carbocycles. The summed E-state index contributed by atoms with van der Waals surface area (Å²) in [4.78, 5) is 0. The van der Waals surface area contributed by atoms with Gasteiger partial charge in [0, 0.05) is 29.4 Å². The summed E-state index contributed by atoms with van der Waals surface area (Å²) in [5.74, 6) is 0.359. The maximum atomic E-state index is 13.7. The summed E-state index contributed by atoms with van der Waals surface area (Å²) < 4.78 is 15.3. The summed E-state index contributed by atoms with van der Waals surface area (Å²) >= 11 is 11.1. The van der Waals surface area contributed by atoms with Crippen LogP contribution in [0.3, 0.4) is 0 Å². The van der Waals surface area contributed by atoms with E-state index >= 15 is 0 Å². The molecule has 2 aromatic carbocycles. The van der Waals surface area contributed by atoms with Gasteiger partial charge in [-0.05, 0) is 36.0 Å². The van der Waals surface area contributed by atoms with Crippen molar-refractivity contribution in [3.63, 3.8) is 0 Å². The topological polar surface area (TPSA) is 41.9 Å². The molecule has 3 rings (SSSR count). The zero-order valence-electron chi connectivity index (χ0n) is 13.2. The fourth-order valence-electron chi connectivity index (χ4n) is 2.26. The first-order chi connectivity index (χ1) is 12.1. The normalized spacial score (nSPS) is 10.5. The highest BCUT2D eigenvalue weighted by Gasteiger charge is 2.05.